The van der Waals surface area contributed by atoms with Gasteiger partial charge in [-0.15, -0.1) is 0 Å². The van der Waals surface area contributed by atoms with E-state index in [1.54, 1.807) is 48.5 Å². The van der Waals surface area contributed by atoms with Crippen LogP contribution in [-0.2, 0) is 0 Å². The molecule has 0 aliphatic carbocycles. The van der Waals surface area contributed by atoms with Crippen LogP contribution in [0.2, 0.25) is 0 Å². The molecule has 2 aromatic carbocycles. The predicted octanol–water partition coefficient (Wildman–Crippen LogP) is 2.30. The molecular weight excluding hydrogens is 318 g/mol. The number of nitrogens with one attached hydrogen (secondary N) is 2. The van der Waals surface area contributed by atoms with Gasteiger partial charge in [0.1, 0.15) is 11.6 Å². The van der Waals surface area contributed by atoms with Gasteiger partial charge >= 0.3 is 0 Å². The van der Waals surface area contributed by atoms with E-state index in [1.807, 2.05) is 12.1 Å². The fourth-order valence-electron chi connectivity index (χ4n) is 2.71. The first-order valence-corrected chi connectivity index (χ1v) is 7.49. The van der Waals surface area contributed by atoms with Crippen LogP contribution in [0.25, 0.3) is 16.6 Å². The van der Waals surface area contributed by atoms with Crippen LogP contribution in [-0.4, -0.2) is 20.5 Å². The number of aromatic nitrogens is 3. The average Bonchev–Trinajstić information content (AvgIpc) is 3.01. The van der Waals surface area contributed by atoms with Crippen LogP contribution in [0.1, 0.15) is 16.1 Å². The summed E-state index contributed by atoms with van der Waals surface area (Å²) in [4.78, 5) is 27.4. The number of anilines is 1. The number of carbonyl (C=O) groups excluding carboxylic acids is 1. The summed E-state index contributed by atoms with van der Waals surface area (Å²) in [7, 11) is 0. The van der Waals surface area contributed by atoms with Gasteiger partial charge in [-0.2, -0.15) is 10.4 Å². The van der Waals surface area contributed by atoms with E-state index < -0.39 is 5.91 Å². The molecule has 4 rings (SSSR count). The van der Waals surface area contributed by atoms with Gasteiger partial charge in [-0.05, 0) is 24.3 Å². The van der Waals surface area contributed by atoms with Crippen molar-refractivity contribution in [1.82, 2.24) is 14.6 Å². The van der Waals surface area contributed by atoms with Crippen LogP contribution in [0.5, 0.6) is 0 Å². The molecule has 0 aliphatic rings. The van der Waals surface area contributed by atoms with Gasteiger partial charge in [-0.3, -0.25) is 9.59 Å². The van der Waals surface area contributed by atoms with E-state index in [4.69, 9.17) is 0 Å². The molecule has 0 atom stereocenters. The highest BCUT2D eigenvalue weighted by molar-refractivity contribution is 6.06. The average molecular weight is 329 g/mol. The molecule has 4 aromatic rings. The third-order valence-corrected chi connectivity index (χ3v) is 3.85. The minimum absolute atomic E-state index is 0.0243. The van der Waals surface area contributed by atoms with Crippen molar-refractivity contribution in [3.05, 3.63) is 76.2 Å². The molecule has 7 heteroatoms. The molecule has 0 bridgehead atoms. The molecule has 120 valence electrons. The van der Waals surface area contributed by atoms with E-state index in [0.29, 0.717) is 16.6 Å². The van der Waals surface area contributed by atoms with Gasteiger partial charge in [-0.1, -0.05) is 30.3 Å². The molecule has 0 spiro atoms. The van der Waals surface area contributed by atoms with Crippen LogP contribution in [0, 0.1) is 11.3 Å². The monoisotopic (exact) mass is 329 g/mol. The third-order valence-electron chi connectivity index (χ3n) is 3.85. The summed E-state index contributed by atoms with van der Waals surface area (Å²) in [6.45, 7) is 0. The second-order valence-electron chi connectivity index (χ2n) is 5.39. The van der Waals surface area contributed by atoms with E-state index in [2.05, 4.69) is 15.4 Å². The largest absolute Gasteiger partial charge is 0.321 e. The quantitative estimate of drug-likeness (QED) is 0.589. The van der Waals surface area contributed by atoms with Gasteiger partial charge in [0.25, 0.3) is 11.5 Å². The van der Waals surface area contributed by atoms with Gasteiger partial charge in [0, 0.05) is 5.69 Å². The van der Waals surface area contributed by atoms with Crippen molar-refractivity contribution in [2.45, 2.75) is 0 Å². The minimum Gasteiger partial charge on any atom is -0.321 e. The highest BCUT2D eigenvalue weighted by Crippen LogP contribution is 2.18. The number of nitriles is 1. The number of carbonyl (C=O) groups is 1. The minimum atomic E-state index is -0.517. The summed E-state index contributed by atoms with van der Waals surface area (Å²) in [6.07, 6.45) is 0. The summed E-state index contributed by atoms with van der Waals surface area (Å²) in [5.41, 5.74) is 0.955. The smallest absolute Gasteiger partial charge is 0.277 e. The molecule has 0 fully saturated rings. The number of H-pyrrole nitrogens is 1. The zero-order chi connectivity index (χ0) is 17.4. The molecule has 0 saturated heterocycles. The van der Waals surface area contributed by atoms with E-state index in [1.165, 1.54) is 4.52 Å². The summed E-state index contributed by atoms with van der Waals surface area (Å²) < 4.78 is 1.41. The van der Waals surface area contributed by atoms with Crippen molar-refractivity contribution in [1.29, 1.82) is 5.26 Å². The van der Waals surface area contributed by atoms with Crippen molar-refractivity contribution in [2.24, 2.45) is 0 Å². The van der Waals surface area contributed by atoms with Crippen molar-refractivity contribution < 1.29 is 4.79 Å². The topological polar surface area (TPSA) is 103 Å². The Kier molecular flexibility index (Phi) is 3.29. The Morgan fingerprint density at radius 3 is 2.60 bits per heavy atom. The number of aromatic amines is 1. The Morgan fingerprint density at radius 1 is 1.12 bits per heavy atom. The Hall–Kier alpha value is -3.92. The van der Waals surface area contributed by atoms with Gasteiger partial charge in [0.2, 0.25) is 0 Å². The number of hydrogen-bond donors (Lipinski definition) is 2. The molecule has 2 N–H and O–H groups in total. The van der Waals surface area contributed by atoms with Crippen LogP contribution < -0.4 is 10.9 Å². The van der Waals surface area contributed by atoms with Crippen LogP contribution in [0.4, 0.5) is 5.69 Å². The maximum Gasteiger partial charge on any atom is 0.277 e. The Labute approximate surface area is 141 Å². The summed E-state index contributed by atoms with van der Waals surface area (Å²) in [5, 5.41) is 16.9. The predicted molar refractivity (Wildman–Crippen MR) is 92.4 cm³/mol. The number of nitrogens with zero attached hydrogens (tertiary/aromatic N) is 3. The number of rotatable bonds is 2. The maximum absolute atomic E-state index is 12.6. The number of fused-ring (bicyclic) bond motifs is 3. The molecule has 1 amide bonds. The normalized spacial score (nSPS) is 10.7. The van der Waals surface area contributed by atoms with Gasteiger partial charge in [0.15, 0.2) is 11.3 Å². The first kappa shape index (κ1) is 14.7. The van der Waals surface area contributed by atoms with Gasteiger partial charge in [0.05, 0.1) is 10.9 Å². The summed E-state index contributed by atoms with van der Waals surface area (Å²) in [5.74, 6) is -0.517. The van der Waals surface area contributed by atoms with E-state index >= 15 is 0 Å². The number of para-hydroxylation sites is 2. The zero-order valence-electron chi connectivity index (χ0n) is 12.9. The van der Waals surface area contributed by atoms with E-state index in [0.717, 1.165) is 0 Å². The number of benzene rings is 2. The Bertz CT molecular complexity index is 1220. The molecule has 0 radical (unpaired) electrons. The lowest BCUT2D eigenvalue weighted by Crippen LogP contribution is -2.14. The van der Waals surface area contributed by atoms with Crippen molar-refractivity contribution in [3.8, 4) is 6.07 Å². The van der Waals surface area contributed by atoms with Crippen LogP contribution in [0.3, 0.4) is 0 Å². The lowest BCUT2D eigenvalue weighted by molar-refractivity contribution is 0.102. The highest BCUT2D eigenvalue weighted by Gasteiger charge is 2.21. The molecule has 7 nitrogen and oxygen atoms in total. The summed E-state index contributed by atoms with van der Waals surface area (Å²) >= 11 is 0. The van der Waals surface area contributed by atoms with E-state index in [-0.39, 0.29) is 22.5 Å². The second-order valence-corrected chi connectivity index (χ2v) is 5.39. The number of amides is 1. The van der Waals surface area contributed by atoms with E-state index in [9.17, 15) is 14.9 Å². The Balaban J connectivity index is 1.93. The molecule has 25 heavy (non-hydrogen) atoms. The SMILES string of the molecule is N#Cc1c(C(=O)Nc2ccccc2)nn2c1[nH]c(=O)c1ccccc12. The zero-order valence-corrected chi connectivity index (χ0v) is 12.9. The van der Waals surface area contributed by atoms with Gasteiger partial charge in [-0.25, -0.2) is 4.52 Å². The molecular formula is C18H11N5O2. The molecule has 2 heterocycles. The van der Waals surface area contributed by atoms with Crippen LogP contribution >= 0.6 is 0 Å². The molecule has 0 unspecified atom stereocenters. The summed E-state index contributed by atoms with van der Waals surface area (Å²) in [6, 6.07) is 17.7. The van der Waals surface area contributed by atoms with Crippen molar-refractivity contribution in [2.75, 3.05) is 5.32 Å². The maximum atomic E-state index is 12.6. The highest BCUT2D eigenvalue weighted by atomic mass is 16.2. The number of hydrogen-bond acceptors (Lipinski definition) is 4. The van der Waals surface area contributed by atoms with Crippen molar-refractivity contribution in [3.63, 3.8) is 0 Å². The molecule has 0 saturated carbocycles. The lowest BCUT2D eigenvalue weighted by atomic mass is 10.2. The second kappa shape index (κ2) is 5.62. The van der Waals surface area contributed by atoms with Gasteiger partial charge < -0.3 is 10.3 Å². The van der Waals surface area contributed by atoms with Crippen LogP contribution in [0.15, 0.2) is 59.4 Å². The fraction of sp³-hybridized carbons (Fsp3) is 0. The molecule has 0 aliphatic heterocycles. The van der Waals surface area contributed by atoms with Crippen molar-refractivity contribution >= 4 is 28.1 Å². The lowest BCUT2D eigenvalue weighted by Gasteiger charge is -2.02. The first-order valence-electron chi connectivity index (χ1n) is 7.49. The third kappa shape index (κ3) is 2.33. The fourth-order valence-corrected chi connectivity index (χ4v) is 2.71. The standard InChI is InChI=1S/C18H11N5O2/c19-10-13-15(18(25)20-11-6-2-1-3-7-11)22-23-14-9-5-4-8-12(14)17(24)21-16(13)23/h1-9H,(H,20,25)(H,21,24). The Morgan fingerprint density at radius 2 is 1.84 bits per heavy atom. The first-order chi connectivity index (χ1) is 12.2. The molecule has 2 aromatic heterocycles.